The van der Waals surface area contributed by atoms with Gasteiger partial charge < -0.3 is 0 Å². The molecular formula is C5H5FN2O3S. The Morgan fingerprint density at radius 1 is 1.58 bits per heavy atom. The van der Waals surface area contributed by atoms with E-state index in [4.69, 9.17) is 0 Å². The minimum Gasteiger partial charge on any atom is -0.267 e. The van der Waals surface area contributed by atoms with Gasteiger partial charge in [-0.3, -0.25) is 4.18 Å². The summed E-state index contributed by atoms with van der Waals surface area (Å²) in [7, 11) is -3.03. The Morgan fingerprint density at radius 3 is 2.75 bits per heavy atom. The van der Waals surface area contributed by atoms with Crippen molar-refractivity contribution in [2.75, 3.05) is 7.11 Å². The van der Waals surface area contributed by atoms with E-state index in [2.05, 4.69) is 14.2 Å². The summed E-state index contributed by atoms with van der Waals surface area (Å²) in [5, 5.41) is -0.676. The zero-order valence-electron chi connectivity index (χ0n) is 6.06. The van der Waals surface area contributed by atoms with Crippen LogP contribution in [0.4, 0.5) is 4.39 Å². The van der Waals surface area contributed by atoms with E-state index >= 15 is 0 Å². The summed E-state index contributed by atoms with van der Waals surface area (Å²) in [5.74, 6) is -0.916. The average Bonchev–Trinajstić information content (AvgIpc) is 2.05. The predicted octanol–water partition coefficient (Wildman–Crippen LogP) is -0.0492. The first-order chi connectivity index (χ1) is 5.56. The topological polar surface area (TPSA) is 69.2 Å². The Bertz CT molecular complexity index is 378. The van der Waals surface area contributed by atoms with Gasteiger partial charge in [0, 0.05) is 12.3 Å². The molecule has 5 nitrogen and oxygen atoms in total. The van der Waals surface area contributed by atoms with Crippen LogP contribution in [-0.2, 0) is 14.3 Å². The first-order valence-corrected chi connectivity index (χ1v) is 4.26. The fraction of sp³-hybridized carbons (Fsp3) is 0.200. The van der Waals surface area contributed by atoms with E-state index in [1.165, 1.54) is 0 Å². The van der Waals surface area contributed by atoms with Crippen LogP contribution >= 0.6 is 0 Å². The molecule has 1 aromatic heterocycles. The lowest BCUT2D eigenvalue weighted by Crippen LogP contribution is -2.08. The number of hydrogen-bond acceptors (Lipinski definition) is 5. The number of nitrogens with zero attached hydrogens (tertiary/aromatic N) is 2. The van der Waals surface area contributed by atoms with Gasteiger partial charge in [0.1, 0.15) is 0 Å². The summed E-state index contributed by atoms with van der Waals surface area (Å²) in [4.78, 5) is 6.34. The summed E-state index contributed by atoms with van der Waals surface area (Å²) in [6, 6.07) is 0.939. The Hall–Kier alpha value is -1.08. The van der Waals surface area contributed by atoms with Crippen molar-refractivity contribution in [3.05, 3.63) is 18.2 Å². The third kappa shape index (κ3) is 1.74. The standard InChI is InChI=1S/C5H5FN2O3S/c1-11-12(9,10)5-7-3-2-4(6)8-5/h2-3H,1H3. The second-order valence-corrected chi connectivity index (χ2v) is 3.39. The summed E-state index contributed by atoms with van der Waals surface area (Å²) in [6.07, 6.45) is 0.994. The number of rotatable bonds is 2. The van der Waals surface area contributed by atoms with Gasteiger partial charge in [-0.2, -0.15) is 17.8 Å². The van der Waals surface area contributed by atoms with Crippen LogP contribution in [0.2, 0.25) is 0 Å². The van der Waals surface area contributed by atoms with Crippen LogP contribution < -0.4 is 0 Å². The third-order valence-corrected chi connectivity index (χ3v) is 2.13. The summed E-state index contributed by atoms with van der Waals surface area (Å²) in [5.41, 5.74) is 0. The third-order valence-electron chi connectivity index (χ3n) is 1.04. The molecule has 0 atom stereocenters. The molecule has 0 aliphatic heterocycles. The van der Waals surface area contributed by atoms with Gasteiger partial charge in [-0.05, 0) is 0 Å². The molecule has 0 fully saturated rings. The van der Waals surface area contributed by atoms with E-state index in [0.717, 1.165) is 19.4 Å². The monoisotopic (exact) mass is 192 g/mol. The molecule has 7 heteroatoms. The molecule has 0 aliphatic rings. The second-order valence-electron chi connectivity index (χ2n) is 1.78. The Morgan fingerprint density at radius 2 is 2.25 bits per heavy atom. The molecule has 1 heterocycles. The van der Waals surface area contributed by atoms with Crippen LogP contribution in [0, 0.1) is 5.95 Å². The van der Waals surface area contributed by atoms with Crippen molar-refractivity contribution in [2.45, 2.75) is 5.16 Å². The molecule has 0 N–H and O–H groups in total. The van der Waals surface area contributed by atoms with E-state index in [9.17, 15) is 12.8 Å². The van der Waals surface area contributed by atoms with E-state index in [0.29, 0.717) is 0 Å². The summed E-state index contributed by atoms with van der Waals surface area (Å²) >= 11 is 0. The van der Waals surface area contributed by atoms with Gasteiger partial charge in [-0.1, -0.05) is 0 Å². The largest absolute Gasteiger partial charge is 0.332 e. The van der Waals surface area contributed by atoms with Crippen molar-refractivity contribution >= 4 is 10.1 Å². The maximum Gasteiger partial charge on any atom is 0.332 e. The van der Waals surface area contributed by atoms with Gasteiger partial charge in [-0.15, -0.1) is 0 Å². The normalized spacial score (nSPS) is 11.5. The lowest BCUT2D eigenvalue weighted by Gasteiger charge is -1.97. The Balaban J connectivity index is 3.21. The zero-order valence-corrected chi connectivity index (χ0v) is 6.88. The van der Waals surface area contributed by atoms with Crippen LogP contribution in [0.1, 0.15) is 0 Å². The molecule has 0 aliphatic carbocycles. The molecule has 1 aromatic rings. The summed E-state index contributed by atoms with van der Waals surface area (Å²) in [6.45, 7) is 0. The maximum absolute atomic E-state index is 12.4. The highest BCUT2D eigenvalue weighted by molar-refractivity contribution is 7.86. The van der Waals surface area contributed by atoms with Crippen molar-refractivity contribution in [3.63, 3.8) is 0 Å². The molecule has 66 valence electrons. The van der Waals surface area contributed by atoms with Gasteiger partial charge in [-0.25, -0.2) is 4.98 Å². The SMILES string of the molecule is COS(=O)(=O)c1nccc(F)n1. The molecule has 0 aromatic carbocycles. The molecule has 0 unspecified atom stereocenters. The quantitative estimate of drug-likeness (QED) is 0.373. The highest BCUT2D eigenvalue weighted by Gasteiger charge is 2.16. The Kier molecular flexibility index (Phi) is 2.34. The summed E-state index contributed by atoms with van der Waals surface area (Å²) < 4.78 is 38.1. The van der Waals surface area contributed by atoms with Gasteiger partial charge in [0.2, 0.25) is 5.95 Å². The maximum atomic E-state index is 12.4. The van der Waals surface area contributed by atoms with Gasteiger partial charge in [0.15, 0.2) is 0 Å². The van der Waals surface area contributed by atoms with Crippen molar-refractivity contribution in [3.8, 4) is 0 Å². The van der Waals surface area contributed by atoms with Crippen LogP contribution in [0.25, 0.3) is 0 Å². The lowest BCUT2D eigenvalue weighted by atomic mass is 10.7. The number of halogens is 1. The predicted molar refractivity (Wildman–Crippen MR) is 36.2 cm³/mol. The van der Waals surface area contributed by atoms with E-state index in [-0.39, 0.29) is 0 Å². The first-order valence-electron chi connectivity index (χ1n) is 2.85. The number of aromatic nitrogens is 2. The van der Waals surface area contributed by atoms with Crippen LogP contribution in [0.15, 0.2) is 17.4 Å². The molecule has 1 rings (SSSR count). The molecule has 0 amide bonds. The molecule has 0 radical (unpaired) electrons. The molecule has 0 bridgehead atoms. The van der Waals surface area contributed by atoms with Crippen molar-refractivity contribution in [2.24, 2.45) is 0 Å². The van der Waals surface area contributed by atoms with E-state index in [1.54, 1.807) is 0 Å². The molecule has 0 spiro atoms. The Labute approximate surface area is 68.3 Å². The molecular weight excluding hydrogens is 187 g/mol. The van der Waals surface area contributed by atoms with E-state index in [1.807, 2.05) is 0 Å². The zero-order chi connectivity index (χ0) is 9.19. The van der Waals surface area contributed by atoms with Gasteiger partial charge in [0.05, 0.1) is 7.11 Å². The van der Waals surface area contributed by atoms with Crippen LogP contribution in [-0.4, -0.2) is 25.5 Å². The van der Waals surface area contributed by atoms with Gasteiger partial charge in [0.25, 0.3) is 5.16 Å². The molecule has 0 saturated carbocycles. The second kappa shape index (κ2) is 3.11. The lowest BCUT2D eigenvalue weighted by molar-refractivity contribution is 0.389. The molecule has 0 saturated heterocycles. The highest BCUT2D eigenvalue weighted by Crippen LogP contribution is 2.03. The minimum absolute atomic E-state index is 0.676. The fourth-order valence-electron chi connectivity index (χ4n) is 0.515. The first kappa shape index (κ1) is 9.01. The van der Waals surface area contributed by atoms with Crippen molar-refractivity contribution in [1.29, 1.82) is 0 Å². The number of hydrogen-bond donors (Lipinski definition) is 0. The van der Waals surface area contributed by atoms with Crippen LogP contribution in [0.5, 0.6) is 0 Å². The van der Waals surface area contributed by atoms with Gasteiger partial charge >= 0.3 is 10.1 Å². The van der Waals surface area contributed by atoms with E-state index < -0.39 is 21.2 Å². The van der Waals surface area contributed by atoms with Crippen LogP contribution in [0.3, 0.4) is 0 Å². The average molecular weight is 192 g/mol. The fourth-order valence-corrected chi connectivity index (χ4v) is 1.05. The highest BCUT2D eigenvalue weighted by atomic mass is 32.2. The minimum atomic E-state index is -3.98. The van der Waals surface area contributed by atoms with Crippen molar-refractivity contribution < 1.29 is 17.0 Å². The smallest absolute Gasteiger partial charge is 0.267 e. The molecule has 12 heavy (non-hydrogen) atoms. The van der Waals surface area contributed by atoms with Crippen molar-refractivity contribution in [1.82, 2.24) is 9.97 Å².